The first-order valence-electron chi connectivity index (χ1n) is 10.5. The van der Waals surface area contributed by atoms with Gasteiger partial charge in [0.25, 0.3) is 11.8 Å². The van der Waals surface area contributed by atoms with Crippen LogP contribution in [0.15, 0.2) is 30.3 Å². The van der Waals surface area contributed by atoms with Gasteiger partial charge in [0.2, 0.25) is 0 Å². The molecule has 1 aliphatic heterocycles. The number of imidazole rings is 1. The molecule has 0 bridgehead atoms. The average Bonchev–Trinajstić information content (AvgIpc) is 2.92. The number of para-hydroxylation sites is 1. The largest absolute Gasteiger partial charge is 0.348 e. The number of carbonyl (C=O) groups excluding carboxylic acids is 2. The molecule has 0 saturated heterocycles. The first-order valence-corrected chi connectivity index (χ1v) is 10.5. The predicted octanol–water partition coefficient (Wildman–Crippen LogP) is 3.92. The fourth-order valence-electron chi connectivity index (χ4n) is 4.28. The Morgan fingerprint density at radius 1 is 0.929 bits per heavy atom. The predicted molar refractivity (Wildman–Crippen MR) is 109 cm³/mol. The van der Waals surface area contributed by atoms with Crippen LogP contribution in [0, 0.1) is 0 Å². The molecular formula is C22H28N4O2. The lowest BCUT2D eigenvalue weighted by Gasteiger charge is -2.18. The molecule has 6 nitrogen and oxygen atoms in total. The van der Waals surface area contributed by atoms with Crippen LogP contribution in [-0.4, -0.2) is 27.4 Å². The first-order chi connectivity index (χ1) is 13.7. The van der Waals surface area contributed by atoms with Crippen LogP contribution in [0.3, 0.4) is 0 Å². The molecule has 2 aliphatic rings. The number of benzene rings is 1. The minimum absolute atomic E-state index is 0.128. The van der Waals surface area contributed by atoms with Gasteiger partial charge in [-0.2, -0.15) is 0 Å². The molecule has 1 saturated carbocycles. The number of hydrogen-bond donors (Lipinski definition) is 2. The molecule has 4 rings (SSSR count). The molecule has 148 valence electrons. The Hall–Kier alpha value is -2.63. The highest BCUT2D eigenvalue weighted by Crippen LogP contribution is 2.23. The second-order valence-electron chi connectivity index (χ2n) is 7.82. The number of anilines is 1. The number of aromatic nitrogens is 2. The van der Waals surface area contributed by atoms with E-state index in [0.717, 1.165) is 62.9 Å². The SMILES string of the molecule is O=C(NC1CCCCCC1)c1nc(C(=O)Nc2ccccc2)n2c1CCCC2. The van der Waals surface area contributed by atoms with Gasteiger partial charge in [-0.1, -0.05) is 43.9 Å². The van der Waals surface area contributed by atoms with Gasteiger partial charge in [-0.15, -0.1) is 0 Å². The molecule has 1 aromatic heterocycles. The van der Waals surface area contributed by atoms with Crippen molar-refractivity contribution < 1.29 is 9.59 Å². The van der Waals surface area contributed by atoms with E-state index in [2.05, 4.69) is 15.6 Å². The number of carbonyl (C=O) groups is 2. The lowest BCUT2D eigenvalue weighted by Crippen LogP contribution is -2.35. The maximum atomic E-state index is 13.0. The van der Waals surface area contributed by atoms with Crippen LogP contribution >= 0.6 is 0 Å². The Balaban J connectivity index is 1.56. The van der Waals surface area contributed by atoms with Crippen molar-refractivity contribution in [2.45, 2.75) is 70.4 Å². The van der Waals surface area contributed by atoms with E-state index in [1.807, 2.05) is 34.9 Å². The van der Waals surface area contributed by atoms with Gasteiger partial charge in [-0.3, -0.25) is 9.59 Å². The molecule has 28 heavy (non-hydrogen) atoms. The summed E-state index contributed by atoms with van der Waals surface area (Å²) in [5, 5.41) is 6.08. The Morgan fingerprint density at radius 3 is 2.43 bits per heavy atom. The quantitative estimate of drug-likeness (QED) is 0.789. The second kappa shape index (κ2) is 8.59. The molecule has 0 radical (unpaired) electrons. The third-order valence-corrected chi connectivity index (χ3v) is 5.76. The van der Waals surface area contributed by atoms with Gasteiger partial charge in [0.05, 0.1) is 5.69 Å². The van der Waals surface area contributed by atoms with E-state index in [0.29, 0.717) is 11.5 Å². The monoisotopic (exact) mass is 380 g/mol. The zero-order valence-corrected chi connectivity index (χ0v) is 16.2. The molecule has 0 unspecified atom stereocenters. The van der Waals surface area contributed by atoms with Crippen molar-refractivity contribution in [1.29, 1.82) is 0 Å². The highest BCUT2D eigenvalue weighted by molar-refractivity contribution is 6.03. The normalized spacial score (nSPS) is 17.4. The van der Waals surface area contributed by atoms with Gasteiger partial charge in [0.1, 0.15) is 5.69 Å². The summed E-state index contributed by atoms with van der Waals surface area (Å²) in [6.45, 7) is 0.733. The molecular weight excluding hydrogens is 352 g/mol. The highest BCUT2D eigenvalue weighted by Gasteiger charge is 2.28. The number of rotatable bonds is 4. The van der Waals surface area contributed by atoms with E-state index in [9.17, 15) is 9.59 Å². The van der Waals surface area contributed by atoms with E-state index in [-0.39, 0.29) is 17.9 Å². The zero-order valence-electron chi connectivity index (χ0n) is 16.2. The summed E-state index contributed by atoms with van der Waals surface area (Å²) in [6.07, 6.45) is 9.69. The summed E-state index contributed by atoms with van der Waals surface area (Å²) >= 11 is 0. The van der Waals surface area contributed by atoms with Crippen LogP contribution in [0.2, 0.25) is 0 Å². The van der Waals surface area contributed by atoms with Crippen LogP contribution in [0.4, 0.5) is 5.69 Å². The topological polar surface area (TPSA) is 76.0 Å². The summed E-state index contributed by atoms with van der Waals surface area (Å²) in [4.78, 5) is 30.3. The molecule has 2 N–H and O–H groups in total. The Kier molecular flexibility index (Phi) is 5.74. The molecule has 6 heteroatoms. The van der Waals surface area contributed by atoms with E-state index in [1.165, 1.54) is 12.8 Å². The number of nitrogens with one attached hydrogen (secondary N) is 2. The number of amides is 2. The summed E-state index contributed by atoms with van der Waals surface area (Å²) in [5.41, 5.74) is 2.06. The molecule has 0 atom stereocenters. The van der Waals surface area contributed by atoms with Crippen molar-refractivity contribution in [3.8, 4) is 0 Å². The minimum Gasteiger partial charge on any atom is -0.348 e. The number of nitrogens with zero attached hydrogens (tertiary/aromatic N) is 2. The molecule has 0 spiro atoms. The van der Waals surface area contributed by atoms with Gasteiger partial charge in [-0.05, 0) is 44.2 Å². The first kappa shape index (κ1) is 18.7. The Morgan fingerprint density at radius 2 is 1.68 bits per heavy atom. The average molecular weight is 380 g/mol. The van der Waals surface area contributed by atoms with E-state index >= 15 is 0 Å². The Labute approximate surface area is 165 Å². The molecule has 1 fully saturated rings. The summed E-state index contributed by atoms with van der Waals surface area (Å²) in [5.74, 6) is -0.0521. The van der Waals surface area contributed by atoms with Gasteiger partial charge in [0.15, 0.2) is 5.82 Å². The van der Waals surface area contributed by atoms with E-state index in [1.54, 1.807) is 0 Å². The molecule has 1 aliphatic carbocycles. The van der Waals surface area contributed by atoms with E-state index in [4.69, 9.17) is 0 Å². The highest BCUT2D eigenvalue weighted by atomic mass is 16.2. The van der Waals surface area contributed by atoms with Crippen LogP contribution in [0.25, 0.3) is 0 Å². The van der Waals surface area contributed by atoms with Crippen LogP contribution in [0.5, 0.6) is 0 Å². The van der Waals surface area contributed by atoms with Gasteiger partial charge < -0.3 is 15.2 Å². The minimum atomic E-state index is -0.261. The fraction of sp³-hybridized carbons (Fsp3) is 0.500. The van der Waals surface area contributed by atoms with Crippen molar-refractivity contribution >= 4 is 17.5 Å². The lowest BCUT2D eigenvalue weighted by molar-refractivity contribution is 0.0927. The maximum absolute atomic E-state index is 13.0. The van der Waals surface area contributed by atoms with Gasteiger partial charge in [0, 0.05) is 18.3 Å². The third-order valence-electron chi connectivity index (χ3n) is 5.76. The molecule has 2 heterocycles. The number of hydrogen-bond acceptors (Lipinski definition) is 3. The van der Waals surface area contributed by atoms with Crippen molar-refractivity contribution in [3.63, 3.8) is 0 Å². The second-order valence-corrected chi connectivity index (χ2v) is 7.82. The van der Waals surface area contributed by atoms with Crippen molar-refractivity contribution in [2.24, 2.45) is 0 Å². The number of fused-ring (bicyclic) bond motifs is 1. The summed E-state index contributed by atoms with van der Waals surface area (Å²) in [7, 11) is 0. The lowest BCUT2D eigenvalue weighted by atomic mass is 10.1. The molecule has 2 amide bonds. The maximum Gasteiger partial charge on any atom is 0.291 e. The standard InChI is InChI=1S/C22H28N4O2/c27-21(23-16-10-4-1-2-5-11-16)19-18-14-8-9-15-26(18)20(25-19)22(28)24-17-12-6-3-7-13-17/h3,6-7,12-13,16H,1-2,4-5,8-11,14-15H2,(H,23,27)(H,24,28). The molecule has 1 aromatic carbocycles. The smallest absolute Gasteiger partial charge is 0.291 e. The van der Waals surface area contributed by atoms with E-state index < -0.39 is 0 Å². The zero-order chi connectivity index (χ0) is 19.3. The van der Waals surface area contributed by atoms with Crippen molar-refractivity contribution in [1.82, 2.24) is 14.9 Å². The van der Waals surface area contributed by atoms with Crippen LogP contribution in [-0.2, 0) is 13.0 Å². The fourth-order valence-corrected chi connectivity index (χ4v) is 4.28. The summed E-state index contributed by atoms with van der Waals surface area (Å²) in [6, 6.07) is 9.57. The Bertz CT molecular complexity index is 836. The van der Waals surface area contributed by atoms with Crippen molar-refractivity contribution in [2.75, 3.05) is 5.32 Å². The third kappa shape index (κ3) is 4.11. The van der Waals surface area contributed by atoms with Crippen LogP contribution < -0.4 is 10.6 Å². The molecule has 2 aromatic rings. The van der Waals surface area contributed by atoms with Gasteiger partial charge in [-0.25, -0.2) is 4.98 Å². The van der Waals surface area contributed by atoms with Crippen molar-refractivity contribution in [3.05, 3.63) is 47.5 Å². The van der Waals surface area contributed by atoms with Gasteiger partial charge >= 0.3 is 0 Å². The van der Waals surface area contributed by atoms with Crippen LogP contribution in [0.1, 0.15) is 78.2 Å². The summed E-state index contributed by atoms with van der Waals surface area (Å²) < 4.78 is 1.93.